The van der Waals surface area contributed by atoms with E-state index in [0.29, 0.717) is 24.8 Å². The van der Waals surface area contributed by atoms with E-state index in [0.717, 1.165) is 24.8 Å². The summed E-state index contributed by atoms with van der Waals surface area (Å²) in [5, 5.41) is 2.79. The van der Waals surface area contributed by atoms with Crippen LogP contribution in [0, 0.1) is 0 Å². The Hall–Kier alpha value is -2.95. The van der Waals surface area contributed by atoms with Crippen molar-refractivity contribution in [3.63, 3.8) is 0 Å². The maximum atomic E-state index is 12.6. The summed E-state index contributed by atoms with van der Waals surface area (Å²) in [5.41, 5.74) is 1.48. The lowest BCUT2D eigenvalue weighted by Gasteiger charge is -2.23. The molecule has 1 N–H and O–H groups in total. The van der Waals surface area contributed by atoms with Crippen LogP contribution in [-0.2, 0) is 14.4 Å². The summed E-state index contributed by atoms with van der Waals surface area (Å²) in [6, 6.07) is -0.608. The Bertz CT molecular complexity index is 699. The summed E-state index contributed by atoms with van der Waals surface area (Å²) in [4.78, 5) is 37.3. The van der Waals surface area contributed by atoms with Crippen molar-refractivity contribution in [3.8, 4) is 0 Å². The van der Waals surface area contributed by atoms with Crippen molar-refractivity contribution in [2.75, 3.05) is 13.1 Å². The average molecular weight is 383 g/mol. The zero-order chi connectivity index (χ0) is 20.8. The number of hydrogen-bond donors (Lipinski definition) is 1. The Kier molecular flexibility index (Phi) is 10.9. The molecule has 2 amide bonds. The molecule has 0 radical (unpaired) electrons. The number of carbonyl (C=O) groups is 3. The van der Waals surface area contributed by atoms with Gasteiger partial charge in [0.05, 0.1) is 6.54 Å². The zero-order valence-electron chi connectivity index (χ0n) is 16.6. The van der Waals surface area contributed by atoms with Crippen LogP contribution >= 0.6 is 0 Å². The number of nitrogens with zero attached hydrogens (tertiary/aromatic N) is 1. The minimum Gasteiger partial charge on any atom is -0.340 e. The highest BCUT2D eigenvalue weighted by Crippen LogP contribution is 2.13. The van der Waals surface area contributed by atoms with E-state index in [1.54, 1.807) is 12.2 Å². The fourth-order valence-electron chi connectivity index (χ4n) is 2.76. The van der Waals surface area contributed by atoms with E-state index < -0.39 is 6.04 Å². The van der Waals surface area contributed by atoms with Crippen molar-refractivity contribution in [1.82, 2.24) is 10.2 Å². The Balaban J connectivity index is 2.75. The van der Waals surface area contributed by atoms with Crippen LogP contribution in [0.4, 0.5) is 0 Å². The molecule has 1 aliphatic rings. The van der Waals surface area contributed by atoms with Crippen LogP contribution < -0.4 is 5.32 Å². The Labute approximate surface area is 167 Å². The smallest absolute Gasteiger partial charge is 0.251 e. The van der Waals surface area contributed by atoms with Gasteiger partial charge in [0, 0.05) is 12.1 Å². The monoisotopic (exact) mass is 382 g/mol. The van der Waals surface area contributed by atoms with Crippen LogP contribution in [0.25, 0.3) is 0 Å². The molecule has 0 aromatic rings. The fourth-order valence-corrected chi connectivity index (χ4v) is 2.76. The molecule has 28 heavy (non-hydrogen) atoms. The molecule has 1 atom stereocenters. The van der Waals surface area contributed by atoms with Crippen molar-refractivity contribution in [3.05, 3.63) is 72.9 Å². The number of nitrogens with one attached hydrogen (secondary N) is 1. The van der Waals surface area contributed by atoms with Crippen molar-refractivity contribution in [2.45, 2.75) is 38.6 Å². The lowest BCUT2D eigenvalue weighted by Crippen LogP contribution is -2.48. The summed E-state index contributed by atoms with van der Waals surface area (Å²) in [7, 11) is 0. The van der Waals surface area contributed by atoms with E-state index in [1.165, 1.54) is 11.0 Å². The molecule has 0 saturated carbocycles. The number of carbonyl (C=O) groups excluding carboxylic acids is 3. The maximum absolute atomic E-state index is 12.6. The molecule has 1 aliphatic heterocycles. The number of amides is 2. The molecule has 1 rings (SSSR count). The minimum absolute atomic E-state index is 0.0623. The molecule has 1 unspecified atom stereocenters. The summed E-state index contributed by atoms with van der Waals surface area (Å²) >= 11 is 0. The van der Waals surface area contributed by atoms with Crippen molar-refractivity contribution in [2.24, 2.45) is 0 Å². The number of hydrogen-bond acceptors (Lipinski definition) is 3. The molecule has 1 saturated heterocycles. The predicted octanol–water partition coefficient (Wildman–Crippen LogP) is 3.43. The van der Waals surface area contributed by atoms with Gasteiger partial charge in [0.1, 0.15) is 12.3 Å². The van der Waals surface area contributed by atoms with Crippen molar-refractivity contribution < 1.29 is 14.4 Å². The third-order valence-electron chi connectivity index (χ3n) is 4.34. The average Bonchev–Trinajstić information content (AvgIpc) is 2.85. The second-order valence-electron chi connectivity index (χ2n) is 6.56. The first-order valence-corrected chi connectivity index (χ1v) is 9.50. The highest BCUT2D eigenvalue weighted by atomic mass is 16.2. The molecule has 0 aromatic heterocycles. The molecule has 0 bridgehead atoms. The molecule has 0 spiro atoms. The van der Waals surface area contributed by atoms with Gasteiger partial charge >= 0.3 is 0 Å². The van der Waals surface area contributed by atoms with Crippen LogP contribution in [0.2, 0.25) is 0 Å². The first-order chi connectivity index (χ1) is 13.5. The lowest BCUT2D eigenvalue weighted by molar-refractivity contribution is -0.136. The topological polar surface area (TPSA) is 66.5 Å². The van der Waals surface area contributed by atoms with E-state index in [-0.39, 0.29) is 18.4 Å². The largest absolute Gasteiger partial charge is 0.340 e. The molecular formula is C23H30N2O3. The van der Waals surface area contributed by atoms with E-state index in [1.807, 2.05) is 37.3 Å². The molecule has 1 heterocycles. The highest BCUT2D eigenvalue weighted by molar-refractivity contribution is 5.99. The van der Waals surface area contributed by atoms with Gasteiger partial charge < -0.3 is 15.0 Å². The molecule has 150 valence electrons. The van der Waals surface area contributed by atoms with Gasteiger partial charge in [0.25, 0.3) is 5.91 Å². The Morgan fingerprint density at radius 3 is 2.68 bits per heavy atom. The van der Waals surface area contributed by atoms with Crippen LogP contribution in [0.15, 0.2) is 72.9 Å². The van der Waals surface area contributed by atoms with Crippen molar-refractivity contribution >= 4 is 18.1 Å². The summed E-state index contributed by atoms with van der Waals surface area (Å²) in [6.07, 6.45) is 18.1. The molecule has 5 nitrogen and oxygen atoms in total. The van der Waals surface area contributed by atoms with Gasteiger partial charge in [-0.1, -0.05) is 61.3 Å². The third-order valence-corrected chi connectivity index (χ3v) is 4.34. The first kappa shape index (κ1) is 23.1. The lowest BCUT2D eigenvalue weighted by atomic mass is 10.1. The quantitative estimate of drug-likeness (QED) is 0.358. The normalized spacial score (nSPS) is 19.0. The third kappa shape index (κ3) is 8.16. The van der Waals surface area contributed by atoms with Crippen LogP contribution in [0.1, 0.15) is 32.6 Å². The van der Waals surface area contributed by atoms with Gasteiger partial charge in [-0.15, -0.1) is 0 Å². The number of rotatable bonds is 10. The second kappa shape index (κ2) is 13.3. The molecule has 0 aromatic carbocycles. The predicted molar refractivity (Wildman–Crippen MR) is 114 cm³/mol. The van der Waals surface area contributed by atoms with Gasteiger partial charge in [-0.2, -0.15) is 0 Å². The standard InChI is InChI=1S/C23H30N2O3/c1-4-6-7-8-9-12-19(3)14-15-20(5-2)22(27)24-21-13-10-11-16-25(17-18-26)23(21)28/h4-9,14-15,18,21H,1-2,10-13,16-17H2,3H3,(H,24,27)/b7-6-,9-8-,19-14+,20-15+. The molecule has 5 heteroatoms. The summed E-state index contributed by atoms with van der Waals surface area (Å²) in [5.74, 6) is -0.541. The zero-order valence-corrected chi connectivity index (χ0v) is 16.6. The Morgan fingerprint density at radius 2 is 2.00 bits per heavy atom. The summed E-state index contributed by atoms with van der Waals surface area (Å²) in [6.45, 7) is 9.89. The molecular weight excluding hydrogens is 352 g/mol. The summed E-state index contributed by atoms with van der Waals surface area (Å²) < 4.78 is 0. The van der Waals surface area contributed by atoms with Gasteiger partial charge in [-0.25, -0.2) is 0 Å². The Morgan fingerprint density at radius 1 is 1.21 bits per heavy atom. The van der Waals surface area contributed by atoms with Gasteiger partial charge in [0.2, 0.25) is 5.91 Å². The highest BCUT2D eigenvalue weighted by Gasteiger charge is 2.28. The fraction of sp³-hybridized carbons (Fsp3) is 0.348. The van der Waals surface area contributed by atoms with Gasteiger partial charge in [-0.05, 0) is 38.7 Å². The maximum Gasteiger partial charge on any atom is 0.251 e. The number of likely N-dealkylation sites (tertiary alicyclic amines) is 1. The van der Waals surface area contributed by atoms with Crippen molar-refractivity contribution in [1.29, 1.82) is 0 Å². The van der Waals surface area contributed by atoms with Gasteiger partial charge in [-0.3, -0.25) is 9.59 Å². The van der Waals surface area contributed by atoms with E-state index >= 15 is 0 Å². The SMILES string of the molecule is C=C/C=C\C=C/C/C(C)=C/C=C(\C=C)C(=O)NC1CCCCN(CC=O)C1=O. The van der Waals surface area contributed by atoms with Crippen LogP contribution in [0.3, 0.4) is 0 Å². The van der Waals surface area contributed by atoms with E-state index in [2.05, 4.69) is 18.5 Å². The van der Waals surface area contributed by atoms with Gasteiger partial charge in [0.15, 0.2) is 0 Å². The van der Waals surface area contributed by atoms with E-state index in [4.69, 9.17) is 0 Å². The first-order valence-electron chi connectivity index (χ1n) is 9.50. The number of allylic oxidation sites excluding steroid dienone is 8. The van der Waals surface area contributed by atoms with Crippen LogP contribution in [0.5, 0.6) is 0 Å². The molecule has 1 fully saturated rings. The second-order valence-corrected chi connectivity index (χ2v) is 6.56. The minimum atomic E-state index is -0.608. The van der Waals surface area contributed by atoms with Crippen LogP contribution in [-0.4, -0.2) is 42.1 Å². The molecule has 0 aliphatic carbocycles. The van der Waals surface area contributed by atoms with E-state index in [9.17, 15) is 14.4 Å². The number of aldehydes is 1.